The van der Waals surface area contributed by atoms with E-state index in [1.165, 1.54) is 0 Å². The minimum absolute atomic E-state index is 0.647. The lowest BCUT2D eigenvalue weighted by Gasteiger charge is -2.04. The second kappa shape index (κ2) is 10.2. The van der Waals surface area contributed by atoms with E-state index in [-0.39, 0.29) is 0 Å². The molecule has 0 aliphatic heterocycles. The highest BCUT2D eigenvalue weighted by molar-refractivity contribution is 7.84. The number of nitrogens with one attached hydrogen (secondary N) is 1. The molecule has 0 amide bonds. The van der Waals surface area contributed by atoms with Crippen LogP contribution in [0.25, 0.3) is 0 Å². The van der Waals surface area contributed by atoms with Gasteiger partial charge >= 0.3 is 0 Å². The standard InChI is InChI=1S/C9H21NO2S/c1-3-7-12-8-6-10-5-4-9-13(2)11/h10H,3-9H2,1-2H3. The number of hydrogen-bond acceptors (Lipinski definition) is 3. The maximum atomic E-state index is 10.7. The Morgan fingerprint density at radius 1 is 1.31 bits per heavy atom. The van der Waals surface area contributed by atoms with Crippen molar-refractivity contribution in [1.82, 2.24) is 5.32 Å². The van der Waals surface area contributed by atoms with Gasteiger partial charge in [-0.3, -0.25) is 4.21 Å². The highest BCUT2D eigenvalue weighted by Crippen LogP contribution is 1.82. The molecule has 0 aromatic rings. The van der Waals surface area contributed by atoms with Crippen molar-refractivity contribution in [3.8, 4) is 0 Å². The third-order valence-corrected chi connectivity index (χ3v) is 2.42. The third kappa shape index (κ3) is 12.1. The average Bonchev–Trinajstić information content (AvgIpc) is 2.09. The highest BCUT2D eigenvalue weighted by atomic mass is 32.2. The Balaban J connectivity index is 2.87. The van der Waals surface area contributed by atoms with Crippen LogP contribution in [-0.4, -0.2) is 42.5 Å². The lowest BCUT2D eigenvalue weighted by Crippen LogP contribution is -2.22. The average molecular weight is 207 g/mol. The van der Waals surface area contributed by atoms with Crippen molar-refractivity contribution < 1.29 is 8.95 Å². The molecule has 0 aromatic carbocycles. The van der Waals surface area contributed by atoms with E-state index >= 15 is 0 Å². The molecule has 0 heterocycles. The molecule has 1 unspecified atom stereocenters. The molecule has 1 N–H and O–H groups in total. The summed E-state index contributed by atoms with van der Waals surface area (Å²) in [6.07, 6.45) is 3.80. The largest absolute Gasteiger partial charge is 0.380 e. The Morgan fingerprint density at radius 3 is 2.69 bits per heavy atom. The minimum atomic E-state index is -0.647. The van der Waals surface area contributed by atoms with Crippen molar-refractivity contribution in [2.45, 2.75) is 19.8 Å². The number of hydrogen-bond donors (Lipinski definition) is 1. The number of rotatable bonds is 9. The van der Waals surface area contributed by atoms with Gasteiger partial charge < -0.3 is 10.1 Å². The van der Waals surface area contributed by atoms with Crippen molar-refractivity contribution in [2.24, 2.45) is 0 Å². The quantitative estimate of drug-likeness (QED) is 0.568. The summed E-state index contributed by atoms with van der Waals surface area (Å²) in [5.41, 5.74) is 0. The van der Waals surface area contributed by atoms with Crippen molar-refractivity contribution in [3.63, 3.8) is 0 Å². The summed E-state index contributed by atoms with van der Waals surface area (Å²) in [6.45, 7) is 5.57. The van der Waals surface area contributed by atoms with E-state index in [0.29, 0.717) is 0 Å². The molecule has 0 saturated heterocycles. The molecule has 4 heteroatoms. The molecule has 0 radical (unpaired) electrons. The summed E-state index contributed by atoms with van der Waals surface area (Å²) in [6, 6.07) is 0. The van der Waals surface area contributed by atoms with Crippen LogP contribution < -0.4 is 5.32 Å². The summed E-state index contributed by atoms with van der Waals surface area (Å²) in [7, 11) is -0.647. The van der Waals surface area contributed by atoms with Gasteiger partial charge in [0.25, 0.3) is 0 Å². The van der Waals surface area contributed by atoms with Gasteiger partial charge in [-0.2, -0.15) is 0 Å². The Bertz CT molecular complexity index is 131. The van der Waals surface area contributed by atoms with Crippen LogP contribution >= 0.6 is 0 Å². The van der Waals surface area contributed by atoms with Gasteiger partial charge in [-0.25, -0.2) is 0 Å². The predicted octanol–water partition coefficient (Wildman–Crippen LogP) is 0.771. The molecule has 0 fully saturated rings. The molecule has 0 aromatic heterocycles. The van der Waals surface area contributed by atoms with Crippen LogP contribution in [0.15, 0.2) is 0 Å². The van der Waals surface area contributed by atoms with E-state index in [1.54, 1.807) is 6.26 Å². The zero-order chi connectivity index (χ0) is 9.94. The first-order valence-corrected chi connectivity index (χ1v) is 6.58. The van der Waals surface area contributed by atoms with Crippen molar-refractivity contribution in [1.29, 1.82) is 0 Å². The van der Waals surface area contributed by atoms with E-state index in [0.717, 1.165) is 44.9 Å². The SMILES string of the molecule is CCCOCCNCCCS(C)=O. The lowest BCUT2D eigenvalue weighted by atomic mass is 10.5. The monoisotopic (exact) mass is 207 g/mol. The minimum Gasteiger partial charge on any atom is -0.380 e. The predicted molar refractivity (Wildman–Crippen MR) is 57.5 cm³/mol. The third-order valence-electron chi connectivity index (χ3n) is 1.56. The van der Waals surface area contributed by atoms with Gasteiger partial charge in [-0.15, -0.1) is 0 Å². The Labute approximate surface area is 83.7 Å². The summed E-state index contributed by atoms with van der Waals surface area (Å²) >= 11 is 0. The first-order chi connectivity index (χ1) is 6.27. The van der Waals surface area contributed by atoms with Crippen molar-refractivity contribution in [3.05, 3.63) is 0 Å². The van der Waals surface area contributed by atoms with Crippen LogP contribution in [0.5, 0.6) is 0 Å². The van der Waals surface area contributed by atoms with Gasteiger partial charge in [-0.05, 0) is 19.4 Å². The van der Waals surface area contributed by atoms with E-state index in [1.807, 2.05) is 0 Å². The van der Waals surface area contributed by atoms with Gasteiger partial charge in [0, 0.05) is 36.0 Å². The van der Waals surface area contributed by atoms with Crippen LogP contribution in [0, 0.1) is 0 Å². The van der Waals surface area contributed by atoms with Gasteiger partial charge in [0.2, 0.25) is 0 Å². The molecule has 3 nitrogen and oxygen atoms in total. The Kier molecular flexibility index (Phi) is 10.2. The maximum Gasteiger partial charge on any atom is 0.0590 e. The molecule has 0 aliphatic carbocycles. The van der Waals surface area contributed by atoms with Crippen molar-refractivity contribution >= 4 is 10.8 Å². The first kappa shape index (κ1) is 13.1. The highest BCUT2D eigenvalue weighted by Gasteiger charge is 1.91. The maximum absolute atomic E-state index is 10.7. The molecular formula is C9H21NO2S. The second-order valence-electron chi connectivity index (χ2n) is 2.99. The summed E-state index contributed by atoms with van der Waals surface area (Å²) < 4.78 is 16.0. The molecule has 0 bridgehead atoms. The fourth-order valence-electron chi connectivity index (χ4n) is 0.916. The van der Waals surface area contributed by atoms with Gasteiger partial charge in [0.15, 0.2) is 0 Å². The van der Waals surface area contributed by atoms with Crippen molar-refractivity contribution in [2.75, 3.05) is 38.3 Å². The molecule has 0 spiro atoms. The van der Waals surface area contributed by atoms with Crippen LogP contribution in [0.2, 0.25) is 0 Å². The van der Waals surface area contributed by atoms with Crippen LogP contribution in [-0.2, 0) is 15.5 Å². The van der Waals surface area contributed by atoms with E-state index in [9.17, 15) is 4.21 Å². The molecular weight excluding hydrogens is 186 g/mol. The van der Waals surface area contributed by atoms with Gasteiger partial charge in [0.05, 0.1) is 6.61 Å². The first-order valence-electron chi connectivity index (χ1n) is 4.86. The van der Waals surface area contributed by atoms with Gasteiger partial charge in [0.1, 0.15) is 0 Å². The summed E-state index contributed by atoms with van der Waals surface area (Å²) in [5, 5.41) is 3.24. The summed E-state index contributed by atoms with van der Waals surface area (Å²) in [4.78, 5) is 0. The molecule has 1 atom stereocenters. The molecule has 0 aliphatic rings. The zero-order valence-electron chi connectivity index (χ0n) is 8.67. The zero-order valence-corrected chi connectivity index (χ0v) is 9.49. The lowest BCUT2D eigenvalue weighted by molar-refractivity contribution is 0.136. The number of ether oxygens (including phenoxy) is 1. The molecule has 0 saturated carbocycles. The van der Waals surface area contributed by atoms with Crippen LogP contribution in [0.1, 0.15) is 19.8 Å². The van der Waals surface area contributed by atoms with Gasteiger partial charge in [-0.1, -0.05) is 6.92 Å². The van der Waals surface area contributed by atoms with E-state index in [4.69, 9.17) is 4.74 Å². The fraction of sp³-hybridized carbons (Fsp3) is 1.00. The topological polar surface area (TPSA) is 38.3 Å². The summed E-state index contributed by atoms with van der Waals surface area (Å²) in [5.74, 6) is 0.794. The second-order valence-corrected chi connectivity index (χ2v) is 4.55. The Hall–Kier alpha value is 0.0700. The normalized spacial score (nSPS) is 13.1. The van der Waals surface area contributed by atoms with E-state index in [2.05, 4.69) is 12.2 Å². The van der Waals surface area contributed by atoms with Crippen LogP contribution in [0.4, 0.5) is 0 Å². The molecule has 13 heavy (non-hydrogen) atoms. The fourth-order valence-corrected chi connectivity index (χ4v) is 1.47. The van der Waals surface area contributed by atoms with E-state index < -0.39 is 10.8 Å². The smallest absolute Gasteiger partial charge is 0.0590 e. The Morgan fingerprint density at radius 2 is 2.08 bits per heavy atom. The van der Waals surface area contributed by atoms with Crippen LogP contribution in [0.3, 0.4) is 0 Å². The molecule has 0 rings (SSSR count). The molecule has 80 valence electrons.